The van der Waals surface area contributed by atoms with Gasteiger partial charge in [-0.3, -0.25) is 4.79 Å². The number of carboxylic acids is 1. The van der Waals surface area contributed by atoms with Crippen molar-refractivity contribution in [1.29, 1.82) is 0 Å². The van der Waals surface area contributed by atoms with Crippen molar-refractivity contribution in [3.63, 3.8) is 0 Å². The van der Waals surface area contributed by atoms with E-state index in [1.807, 2.05) is 0 Å². The number of amides is 1. The normalized spacial score (nSPS) is 14.2. The number of rotatable bonds is 7. The summed E-state index contributed by atoms with van der Waals surface area (Å²) in [6, 6.07) is 8.85. The molecule has 1 heterocycles. The van der Waals surface area contributed by atoms with Crippen LogP contribution in [0.25, 0.3) is 0 Å². The molecule has 1 saturated carbocycles. The maximum Gasteiger partial charge on any atom is 0.345 e. The number of hydrogen-bond acceptors (Lipinski definition) is 5. The van der Waals surface area contributed by atoms with Crippen LogP contribution in [-0.4, -0.2) is 31.4 Å². The molecule has 0 spiro atoms. The molecule has 1 amide bonds. The van der Waals surface area contributed by atoms with Gasteiger partial charge in [0.2, 0.25) is 10.0 Å². The summed E-state index contributed by atoms with van der Waals surface area (Å²) in [5.41, 5.74) is 0.334. The van der Waals surface area contributed by atoms with E-state index in [1.54, 1.807) is 6.07 Å². The Labute approximate surface area is 148 Å². The van der Waals surface area contributed by atoms with Gasteiger partial charge in [-0.05, 0) is 49.2 Å². The Kier molecular flexibility index (Phi) is 4.89. The van der Waals surface area contributed by atoms with Crippen molar-refractivity contribution in [3.05, 3.63) is 51.7 Å². The third kappa shape index (κ3) is 4.44. The lowest BCUT2D eigenvalue weighted by Crippen LogP contribution is -2.26. The summed E-state index contributed by atoms with van der Waals surface area (Å²) in [7, 11) is -3.54. The smallest absolute Gasteiger partial charge is 0.345 e. The van der Waals surface area contributed by atoms with Gasteiger partial charge in [0.15, 0.2) is 0 Å². The minimum atomic E-state index is -3.54. The number of nitrogens with one attached hydrogen (secondary N) is 2. The van der Waals surface area contributed by atoms with E-state index >= 15 is 0 Å². The average Bonchev–Trinajstić information content (AvgIpc) is 3.24. The molecule has 0 radical (unpaired) electrons. The quantitative estimate of drug-likeness (QED) is 0.678. The molecule has 0 atom stereocenters. The molecule has 25 heavy (non-hydrogen) atoms. The maximum absolute atomic E-state index is 12.1. The van der Waals surface area contributed by atoms with Crippen LogP contribution in [0.4, 0.5) is 0 Å². The first-order valence-corrected chi connectivity index (χ1v) is 9.88. The van der Waals surface area contributed by atoms with Crippen LogP contribution in [0.5, 0.6) is 0 Å². The summed E-state index contributed by atoms with van der Waals surface area (Å²) in [5.74, 6) is -1.36. The van der Waals surface area contributed by atoms with Crippen molar-refractivity contribution < 1.29 is 23.1 Å². The Balaban J connectivity index is 1.61. The Hall–Kier alpha value is -2.23. The molecule has 132 valence electrons. The summed E-state index contributed by atoms with van der Waals surface area (Å²) in [5, 5.41) is 11.6. The Morgan fingerprint density at radius 3 is 2.36 bits per heavy atom. The number of benzene rings is 1. The van der Waals surface area contributed by atoms with Gasteiger partial charge in [0.25, 0.3) is 5.91 Å². The molecule has 0 unspecified atom stereocenters. The zero-order valence-corrected chi connectivity index (χ0v) is 14.7. The topological polar surface area (TPSA) is 113 Å². The van der Waals surface area contributed by atoms with Crippen LogP contribution in [0.15, 0.2) is 41.3 Å². The van der Waals surface area contributed by atoms with E-state index in [0.29, 0.717) is 5.56 Å². The van der Waals surface area contributed by atoms with Crippen LogP contribution >= 0.6 is 11.3 Å². The van der Waals surface area contributed by atoms with E-state index in [9.17, 15) is 18.0 Å². The highest BCUT2D eigenvalue weighted by molar-refractivity contribution is 7.89. The molecule has 1 fully saturated rings. The Bertz CT molecular complexity index is 899. The minimum absolute atomic E-state index is 0.0227. The second-order valence-electron chi connectivity index (χ2n) is 5.67. The van der Waals surface area contributed by atoms with Crippen LogP contribution < -0.4 is 10.0 Å². The van der Waals surface area contributed by atoms with Crippen LogP contribution in [-0.2, 0) is 16.6 Å². The van der Waals surface area contributed by atoms with Crippen molar-refractivity contribution in [1.82, 2.24) is 10.0 Å². The summed E-state index contributed by atoms with van der Waals surface area (Å²) in [6.45, 7) is 0.208. The molecule has 0 saturated heterocycles. The van der Waals surface area contributed by atoms with Crippen molar-refractivity contribution >= 4 is 33.2 Å². The largest absolute Gasteiger partial charge is 0.477 e. The molecular formula is C16H16N2O5S2. The third-order valence-electron chi connectivity index (χ3n) is 3.62. The highest BCUT2D eigenvalue weighted by Crippen LogP contribution is 2.22. The van der Waals surface area contributed by atoms with Crippen LogP contribution in [0.2, 0.25) is 0 Å². The van der Waals surface area contributed by atoms with Crippen molar-refractivity contribution in [2.45, 2.75) is 30.3 Å². The highest BCUT2D eigenvalue weighted by Gasteiger charge is 2.27. The van der Waals surface area contributed by atoms with E-state index in [0.717, 1.165) is 29.1 Å². The molecule has 3 rings (SSSR count). The van der Waals surface area contributed by atoms with Crippen molar-refractivity contribution in [2.75, 3.05) is 0 Å². The second-order valence-corrected chi connectivity index (χ2v) is 8.56. The number of aromatic carboxylic acids is 1. The van der Waals surface area contributed by atoms with Crippen molar-refractivity contribution in [3.8, 4) is 0 Å². The van der Waals surface area contributed by atoms with Gasteiger partial charge < -0.3 is 10.4 Å². The summed E-state index contributed by atoms with van der Waals surface area (Å²) >= 11 is 1.09. The second kappa shape index (κ2) is 6.95. The molecular weight excluding hydrogens is 364 g/mol. The van der Waals surface area contributed by atoms with Gasteiger partial charge in [-0.15, -0.1) is 11.3 Å². The van der Waals surface area contributed by atoms with Gasteiger partial charge >= 0.3 is 5.97 Å². The predicted molar refractivity (Wildman–Crippen MR) is 92.2 cm³/mol. The Morgan fingerprint density at radius 1 is 1.12 bits per heavy atom. The molecule has 2 aromatic rings. The summed E-state index contributed by atoms with van der Waals surface area (Å²) < 4.78 is 26.7. The van der Waals surface area contributed by atoms with E-state index in [2.05, 4.69) is 10.0 Å². The first kappa shape index (κ1) is 17.6. The molecule has 1 aromatic carbocycles. The molecule has 0 bridgehead atoms. The molecule has 1 aliphatic rings. The van der Waals surface area contributed by atoms with Gasteiger partial charge in [0.05, 0.1) is 11.4 Å². The van der Waals surface area contributed by atoms with Crippen LogP contribution in [0, 0.1) is 0 Å². The first-order valence-electron chi connectivity index (χ1n) is 7.58. The first-order chi connectivity index (χ1) is 11.8. The fraction of sp³-hybridized carbons (Fsp3) is 0.250. The summed E-state index contributed by atoms with van der Waals surface area (Å²) in [6.07, 6.45) is 1.71. The van der Waals surface area contributed by atoms with Crippen LogP contribution in [0.1, 0.15) is 37.7 Å². The molecule has 7 nitrogen and oxygen atoms in total. The minimum Gasteiger partial charge on any atom is -0.477 e. The number of carbonyl (C=O) groups is 2. The summed E-state index contributed by atoms with van der Waals surface area (Å²) in [4.78, 5) is 24.0. The van der Waals surface area contributed by atoms with E-state index in [4.69, 9.17) is 5.11 Å². The number of hydrogen-bond donors (Lipinski definition) is 3. The Morgan fingerprint density at radius 2 is 1.80 bits per heavy atom. The number of carbonyl (C=O) groups excluding carboxylic acids is 1. The fourth-order valence-electron chi connectivity index (χ4n) is 2.13. The lowest BCUT2D eigenvalue weighted by atomic mass is 10.2. The van der Waals surface area contributed by atoms with Gasteiger partial charge in [-0.1, -0.05) is 0 Å². The number of carboxylic acid groups (broad SMARTS) is 1. The zero-order chi connectivity index (χ0) is 18.0. The lowest BCUT2D eigenvalue weighted by molar-refractivity contribution is 0.0702. The zero-order valence-electron chi connectivity index (χ0n) is 13.1. The highest BCUT2D eigenvalue weighted by atomic mass is 32.2. The average molecular weight is 380 g/mol. The molecule has 1 aromatic heterocycles. The lowest BCUT2D eigenvalue weighted by Gasteiger charge is -2.07. The van der Waals surface area contributed by atoms with Crippen molar-refractivity contribution in [2.24, 2.45) is 0 Å². The van der Waals surface area contributed by atoms with Gasteiger partial charge in [-0.2, -0.15) is 0 Å². The van der Waals surface area contributed by atoms with Crippen LogP contribution in [0.3, 0.4) is 0 Å². The van der Waals surface area contributed by atoms with E-state index in [-0.39, 0.29) is 28.3 Å². The number of thiophene rings is 1. The number of sulfonamides is 1. The molecule has 1 aliphatic carbocycles. The fourth-order valence-corrected chi connectivity index (χ4v) is 4.22. The van der Waals surface area contributed by atoms with E-state index < -0.39 is 16.0 Å². The maximum atomic E-state index is 12.1. The SMILES string of the molecule is O=C(NCc1ccc(C(=O)O)s1)c1ccc(S(=O)(=O)NC2CC2)cc1. The third-order valence-corrected chi connectivity index (χ3v) is 6.23. The predicted octanol–water partition coefficient (Wildman–Crippen LogP) is 1.82. The molecule has 9 heteroatoms. The molecule has 3 N–H and O–H groups in total. The molecule has 0 aliphatic heterocycles. The standard InChI is InChI=1S/C16H16N2O5S2/c19-15(17-9-12-5-8-14(24-12)16(20)21)10-1-6-13(7-2-10)25(22,23)18-11-3-4-11/h1-2,5-8,11,18H,3-4,9H2,(H,17,19)(H,20,21). The van der Waals surface area contributed by atoms with E-state index in [1.165, 1.54) is 30.3 Å². The monoisotopic (exact) mass is 380 g/mol. The van der Waals surface area contributed by atoms with Gasteiger partial charge in [-0.25, -0.2) is 17.9 Å². The van der Waals surface area contributed by atoms with Gasteiger partial charge in [0, 0.05) is 16.5 Å². The van der Waals surface area contributed by atoms with Gasteiger partial charge in [0.1, 0.15) is 4.88 Å².